The number of nitrogens with one attached hydrogen (secondary N) is 2. The van der Waals surface area contributed by atoms with Gasteiger partial charge in [-0.3, -0.25) is 4.99 Å². The van der Waals surface area contributed by atoms with Crippen LogP contribution in [0.5, 0.6) is 5.75 Å². The molecule has 3 aromatic carbocycles. The van der Waals surface area contributed by atoms with Gasteiger partial charge in [-0.25, -0.2) is 22.7 Å². The standard InChI is InChI=1S/C35H42N4O7S/c1-20-21(2)31(22(3)27-18-35(4,5)46-30(20)27)47(42,43)39-33(36)37-17-11-16-29(32(40)44-6)38-34(41)45-19-28-25-14-9-7-12-23(25)24-13-8-10-15-26(24)28/h7-10,12-15,28-29H,11,16-19H2,1-6H3,(H,38,41)(H3,36,37,39)/t29-/m0/s1. The number of hydrogen-bond acceptors (Lipinski definition) is 8. The molecule has 1 aliphatic heterocycles. The summed E-state index contributed by atoms with van der Waals surface area (Å²) in [6.45, 7) is 9.50. The molecule has 1 atom stereocenters. The summed E-state index contributed by atoms with van der Waals surface area (Å²) in [5, 5.41) is 2.59. The van der Waals surface area contributed by atoms with Crippen LogP contribution in [0.3, 0.4) is 0 Å². The molecular weight excluding hydrogens is 620 g/mol. The van der Waals surface area contributed by atoms with Crippen molar-refractivity contribution in [3.63, 3.8) is 0 Å². The summed E-state index contributed by atoms with van der Waals surface area (Å²) < 4.78 is 45.8. The highest BCUT2D eigenvalue weighted by atomic mass is 32.2. The first-order chi connectivity index (χ1) is 22.2. The molecule has 0 saturated heterocycles. The summed E-state index contributed by atoms with van der Waals surface area (Å²) in [5.41, 5.74) is 12.8. The van der Waals surface area contributed by atoms with Crippen LogP contribution in [0.25, 0.3) is 11.1 Å². The van der Waals surface area contributed by atoms with E-state index in [1.807, 2.05) is 69.3 Å². The summed E-state index contributed by atoms with van der Waals surface area (Å²) in [5.74, 6) is -0.310. The van der Waals surface area contributed by atoms with Gasteiger partial charge in [0.15, 0.2) is 0 Å². The van der Waals surface area contributed by atoms with Gasteiger partial charge in [-0.2, -0.15) is 0 Å². The lowest BCUT2D eigenvalue weighted by Crippen LogP contribution is -2.42. The molecule has 2 aliphatic rings. The molecule has 47 heavy (non-hydrogen) atoms. The van der Waals surface area contributed by atoms with Gasteiger partial charge in [0.2, 0.25) is 5.96 Å². The second-order valence-corrected chi connectivity index (χ2v) is 14.2. The number of carbonyl (C=O) groups excluding carboxylic acids is 2. The Kier molecular flexibility index (Phi) is 9.53. The average molecular weight is 663 g/mol. The number of nitrogens with zero attached hydrogens (tertiary/aromatic N) is 1. The number of alkyl carbamates (subject to hydrolysis) is 1. The van der Waals surface area contributed by atoms with Crippen molar-refractivity contribution >= 4 is 28.0 Å². The molecule has 0 bridgehead atoms. The first-order valence-corrected chi connectivity index (χ1v) is 17.1. The Morgan fingerprint density at radius 1 is 1.02 bits per heavy atom. The third kappa shape index (κ3) is 6.92. The number of benzene rings is 3. The number of methoxy groups -OCH3 is 1. The normalized spacial score (nSPS) is 15.6. The monoisotopic (exact) mass is 662 g/mol. The average Bonchev–Trinajstić information content (AvgIpc) is 3.53. The van der Waals surface area contributed by atoms with Crippen molar-refractivity contribution < 1.29 is 32.2 Å². The summed E-state index contributed by atoms with van der Waals surface area (Å²) in [4.78, 5) is 29.6. The Balaban J connectivity index is 1.17. The van der Waals surface area contributed by atoms with Gasteiger partial charge in [0, 0.05) is 24.4 Å². The summed E-state index contributed by atoms with van der Waals surface area (Å²) in [7, 11) is -2.82. The number of esters is 1. The van der Waals surface area contributed by atoms with Gasteiger partial charge in [0.1, 0.15) is 24.0 Å². The SMILES string of the molecule is COC(=O)[C@H](CCCN=C(N)NS(=O)(=O)c1c(C)c(C)c2c(c1C)CC(C)(C)O2)NC(=O)OCC1c2ccccc2-c2ccccc21. The smallest absolute Gasteiger partial charge is 0.407 e. The van der Waals surface area contributed by atoms with E-state index in [-0.39, 0.29) is 36.3 Å². The molecule has 0 aromatic heterocycles. The lowest BCUT2D eigenvalue weighted by Gasteiger charge is -2.19. The second kappa shape index (κ2) is 13.3. The Morgan fingerprint density at radius 3 is 2.26 bits per heavy atom. The zero-order valence-electron chi connectivity index (χ0n) is 27.6. The van der Waals surface area contributed by atoms with Crippen LogP contribution < -0.4 is 20.5 Å². The maximum absolute atomic E-state index is 13.4. The fraction of sp³-hybridized carbons (Fsp3) is 0.400. The molecule has 5 rings (SSSR count). The zero-order valence-corrected chi connectivity index (χ0v) is 28.4. The van der Waals surface area contributed by atoms with Crippen molar-refractivity contribution in [1.29, 1.82) is 0 Å². The number of guanidine groups is 1. The molecule has 0 fully saturated rings. The Hall–Kier alpha value is -4.58. The van der Waals surface area contributed by atoms with Crippen LogP contribution >= 0.6 is 0 Å². The minimum Gasteiger partial charge on any atom is -0.487 e. The minimum atomic E-state index is -4.05. The molecule has 3 aromatic rings. The number of amides is 1. The first-order valence-electron chi connectivity index (χ1n) is 15.6. The zero-order chi connectivity index (χ0) is 34.1. The van der Waals surface area contributed by atoms with Crippen molar-refractivity contribution in [1.82, 2.24) is 10.0 Å². The van der Waals surface area contributed by atoms with E-state index in [0.29, 0.717) is 24.0 Å². The molecule has 0 saturated carbocycles. The van der Waals surface area contributed by atoms with Gasteiger partial charge in [-0.1, -0.05) is 48.5 Å². The van der Waals surface area contributed by atoms with Crippen molar-refractivity contribution in [3.05, 3.63) is 81.9 Å². The van der Waals surface area contributed by atoms with Crippen LogP contribution in [-0.2, 0) is 30.7 Å². The van der Waals surface area contributed by atoms with Gasteiger partial charge in [0.05, 0.1) is 12.0 Å². The highest BCUT2D eigenvalue weighted by Crippen LogP contribution is 2.45. The number of carbonyl (C=O) groups is 2. The number of fused-ring (bicyclic) bond motifs is 4. The van der Waals surface area contributed by atoms with E-state index in [1.54, 1.807) is 13.8 Å². The van der Waals surface area contributed by atoms with E-state index in [0.717, 1.165) is 39.1 Å². The molecule has 12 heteroatoms. The predicted molar refractivity (Wildman–Crippen MR) is 179 cm³/mol. The third-order valence-corrected chi connectivity index (χ3v) is 10.5. The molecule has 1 amide bonds. The number of sulfonamides is 1. The number of aliphatic imine (C=N–C) groups is 1. The summed E-state index contributed by atoms with van der Waals surface area (Å²) in [6.07, 6.45) is 0.307. The van der Waals surface area contributed by atoms with Crippen molar-refractivity contribution in [2.24, 2.45) is 10.7 Å². The number of nitrogens with two attached hydrogens (primary N) is 1. The van der Waals surface area contributed by atoms with Crippen molar-refractivity contribution in [3.8, 4) is 16.9 Å². The highest BCUT2D eigenvalue weighted by Gasteiger charge is 2.37. The topological polar surface area (TPSA) is 158 Å². The van der Waals surface area contributed by atoms with Crippen LogP contribution in [0, 0.1) is 20.8 Å². The number of hydrogen-bond donors (Lipinski definition) is 3. The number of rotatable bonds is 10. The van der Waals surface area contributed by atoms with Gasteiger partial charge in [0.25, 0.3) is 10.0 Å². The maximum Gasteiger partial charge on any atom is 0.407 e. The Labute approximate surface area is 275 Å². The lowest BCUT2D eigenvalue weighted by molar-refractivity contribution is -0.143. The maximum atomic E-state index is 13.4. The van der Waals surface area contributed by atoms with Gasteiger partial charge >= 0.3 is 12.1 Å². The fourth-order valence-corrected chi connectivity index (χ4v) is 8.06. The van der Waals surface area contributed by atoms with Crippen LogP contribution in [0.2, 0.25) is 0 Å². The highest BCUT2D eigenvalue weighted by molar-refractivity contribution is 7.90. The molecule has 11 nitrogen and oxygen atoms in total. The van der Waals surface area contributed by atoms with Crippen LogP contribution in [0.1, 0.15) is 66.0 Å². The van der Waals surface area contributed by atoms with E-state index in [9.17, 15) is 18.0 Å². The largest absolute Gasteiger partial charge is 0.487 e. The molecule has 0 radical (unpaired) electrons. The minimum absolute atomic E-state index is 0.0947. The molecule has 0 spiro atoms. The molecule has 1 aliphatic carbocycles. The van der Waals surface area contributed by atoms with E-state index in [1.165, 1.54) is 7.11 Å². The summed E-state index contributed by atoms with van der Waals surface area (Å²) in [6, 6.07) is 15.0. The Morgan fingerprint density at radius 2 is 1.64 bits per heavy atom. The second-order valence-electron chi connectivity index (χ2n) is 12.6. The third-order valence-electron chi connectivity index (χ3n) is 8.85. The van der Waals surface area contributed by atoms with Crippen LogP contribution in [-0.4, -0.2) is 58.3 Å². The Bertz CT molecular complexity index is 1810. The first kappa shape index (κ1) is 33.8. The summed E-state index contributed by atoms with van der Waals surface area (Å²) >= 11 is 0. The quantitative estimate of drug-likeness (QED) is 0.121. The number of ether oxygens (including phenoxy) is 3. The van der Waals surface area contributed by atoms with E-state index in [2.05, 4.69) is 15.0 Å². The molecule has 250 valence electrons. The van der Waals surface area contributed by atoms with E-state index >= 15 is 0 Å². The molecule has 1 heterocycles. The van der Waals surface area contributed by atoms with Crippen LogP contribution in [0.4, 0.5) is 4.79 Å². The fourth-order valence-electron chi connectivity index (χ4n) is 6.54. The lowest BCUT2D eigenvalue weighted by atomic mass is 9.94. The molecule has 4 N–H and O–H groups in total. The van der Waals surface area contributed by atoms with E-state index in [4.69, 9.17) is 19.9 Å². The van der Waals surface area contributed by atoms with Crippen molar-refractivity contribution in [2.75, 3.05) is 20.3 Å². The van der Waals surface area contributed by atoms with Crippen molar-refractivity contribution in [2.45, 2.75) is 76.3 Å². The molecule has 0 unspecified atom stereocenters. The van der Waals surface area contributed by atoms with Crippen LogP contribution in [0.15, 0.2) is 58.4 Å². The molecular formula is C35H42N4O7S. The van der Waals surface area contributed by atoms with Gasteiger partial charge < -0.3 is 25.3 Å². The van der Waals surface area contributed by atoms with E-state index < -0.39 is 33.7 Å². The predicted octanol–water partition coefficient (Wildman–Crippen LogP) is 4.78. The van der Waals surface area contributed by atoms with Gasteiger partial charge in [-0.05, 0) is 86.4 Å². The van der Waals surface area contributed by atoms with Gasteiger partial charge in [-0.15, -0.1) is 0 Å².